The van der Waals surface area contributed by atoms with Gasteiger partial charge in [-0.25, -0.2) is 0 Å². The summed E-state index contributed by atoms with van der Waals surface area (Å²) in [7, 11) is -3.13. The van der Waals surface area contributed by atoms with Crippen molar-refractivity contribution in [3.05, 3.63) is 0 Å². The SMILES string of the molecule is O=[Si](O)O.[CaH2].[CaH2].[SrH2]. The Kier molecular flexibility index (Phi) is 52.3. The number of rotatable bonds is 0. The van der Waals surface area contributed by atoms with E-state index < -0.39 is 9.17 Å². The Hall–Kier alpha value is 3.62. The van der Waals surface area contributed by atoms with Crippen LogP contribution in [0.4, 0.5) is 0 Å². The summed E-state index contributed by atoms with van der Waals surface area (Å²) in [4.78, 5) is 14.3. The predicted molar refractivity (Wildman–Crippen MR) is 36.5 cm³/mol. The van der Waals surface area contributed by atoms with Gasteiger partial charge in [0.2, 0.25) is 0 Å². The Labute approximate surface area is 140 Å². The van der Waals surface area contributed by atoms with Crippen molar-refractivity contribution in [1.82, 2.24) is 0 Å². The van der Waals surface area contributed by atoms with Crippen molar-refractivity contribution < 1.29 is 14.1 Å². The van der Waals surface area contributed by atoms with Gasteiger partial charge in [-0.1, -0.05) is 0 Å². The molecule has 0 aliphatic carbocycles. The zero-order valence-corrected chi connectivity index (χ0v) is 2.80. The van der Waals surface area contributed by atoms with E-state index in [9.17, 15) is 0 Å². The first-order valence-corrected chi connectivity index (χ1v) is 1.95. The maximum absolute atomic E-state index is 8.74. The molecule has 0 heterocycles. The van der Waals surface area contributed by atoms with E-state index >= 15 is 0 Å². The Bertz CT molecular complexity index is 35.9. The molecule has 0 aliphatic rings. The second-order valence-electron chi connectivity index (χ2n) is 0.283. The van der Waals surface area contributed by atoms with E-state index in [0.717, 1.165) is 0 Å². The summed E-state index contributed by atoms with van der Waals surface area (Å²) >= 11 is 0. The van der Waals surface area contributed by atoms with Crippen LogP contribution in [0.2, 0.25) is 0 Å². The van der Waals surface area contributed by atoms with E-state index in [1.807, 2.05) is 0 Å². The first-order chi connectivity index (χ1) is 1.73. The molecule has 0 fully saturated rings. The molecule has 7 heavy (non-hydrogen) atoms. The molecule has 0 aromatic rings. The van der Waals surface area contributed by atoms with Gasteiger partial charge in [0.05, 0.1) is 0 Å². The van der Waals surface area contributed by atoms with Crippen molar-refractivity contribution in [3.63, 3.8) is 0 Å². The number of hydrogen-bond donors (Lipinski definition) is 2. The third-order valence-corrected chi connectivity index (χ3v) is 0. The molecule has 0 spiro atoms. The van der Waals surface area contributed by atoms with E-state index in [0.29, 0.717) is 0 Å². The van der Waals surface area contributed by atoms with Gasteiger partial charge in [0.25, 0.3) is 0 Å². The topological polar surface area (TPSA) is 57.5 Å². The van der Waals surface area contributed by atoms with E-state index in [-0.39, 0.29) is 121 Å². The van der Waals surface area contributed by atoms with E-state index in [2.05, 4.69) is 0 Å². The Morgan fingerprint density at radius 2 is 1.14 bits per heavy atom. The van der Waals surface area contributed by atoms with Crippen LogP contribution >= 0.6 is 0 Å². The molecule has 0 unspecified atom stereocenters. The molecule has 2 N–H and O–H groups in total. The molecule has 0 aliphatic heterocycles. The zero-order chi connectivity index (χ0) is 3.58. The second-order valence-corrected chi connectivity index (χ2v) is 0.848. The van der Waals surface area contributed by atoms with Gasteiger partial charge in [0.15, 0.2) is 0 Å². The normalized spacial score (nSPS) is 3.43. The van der Waals surface area contributed by atoms with Crippen LogP contribution in [0.15, 0.2) is 0 Å². The molecule has 3 nitrogen and oxygen atoms in total. The summed E-state index contributed by atoms with van der Waals surface area (Å²) in [5.74, 6) is 0. The molecular weight excluding hydrogens is 244 g/mol. The van der Waals surface area contributed by atoms with Crippen LogP contribution < -0.4 is 0 Å². The number of hydrogen-bond acceptors (Lipinski definition) is 1. The minimum atomic E-state index is -3.13. The standard InChI is InChI=1S/2Ca.H2O3Si.Sr.6H/c;;1-4(2)3;;;;;;;/h;;1-2H;;;;;;;. The molecule has 0 amide bonds. The van der Waals surface area contributed by atoms with Crippen LogP contribution in [-0.4, -0.2) is 140 Å². The first kappa shape index (κ1) is 22.4. The van der Waals surface area contributed by atoms with Gasteiger partial charge in [-0.3, -0.25) is 4.46 Å². The van der Waals surface area contributed by atoms with E-state index in [4.69, 9.17) is 14.1 Å². The molecule has 0 saturated heterocycles. The average molecular weight is 252 g/mol. The Balaban J connectivity index is -0.0000000150. The fraction of sp³-hybridized carbons (Fsp3) is 0. The molecule has 0 rings (SSSR count). The van der Waals surface area contributed by atoms with Gasteiger partial charge in [-0.2, -0.15) is 0 Å². The fourth-order valence-corrected chi connectivity index (χ4v) is 0. The molecular formula is H8Ca2O3SiSr. The minimum absolute atomic E-state index is 0. The molecule has 0 radical (unpaired) electrons. The third kappa shape index (κ3) is 42.7. The van der Waals surface area contributed by atoms with Crippen LogP contribution in [0.3, 0.4) is 0 Å². The Morgan fingerprint density at radius 3 is 1.14 bits per heavy atom. The molecule has 0 bridgehead atoms. The molecule has 0 atom stereocenters. The summed E-state index contributed by atoms with van der Waals surface area (Å²) < 4.78 is 8.74. The summed E-state index contributed by atoms with van der Waals surface area (Å²) in [5, 5.41) is 0. The average Bonchev–Trinajstić information content (AvgIpc) is 0.811. The van der Waals surface area contributed by atoms with Crippen LogP contribution in [-0.2, 0) is 4.46 Å². The van der Waals surface area contributed by atoms with Crippen LogP contribution in [0.25, 0.3) is 0 Å². The van der Waals surface area contributed by atoms with Crippen molar-refractivity contribution in [2.24, 2.45) is 0 Å². The van der Waals surface area contributed by atoms with Gasteiger partial charge in [-0.05, 0) is 0 Å². The zero-order valence-electron chi connectivity index (χ0n) is 1.80. The van der Waals surface area contributed by atoms with Crippen LogP contribution in [0, 0.1) is 0 Å². The Morgan fingerprint density at radius 1 is 1.14 bits per heavy atom. The van der Waals surface area contributed by atoms with Crippen molar-refractivity contribution in [2.45, 2.75) is 0 Å². The van der Waals surface area contributed by atoms with Crippen molar-refractivity contribution in [3.8, 4) is 0 Å². The third-order valence-electron chi connectivity index (χ3n) is 0. The molecule has 0 aromatic carbocycles. The molecule has 36 valence electrons. The van der Waals surface area contributed by atoms with Crippen LogP contribution in [0.5, 0.6) is 0 Å². The predicted octanol–water partition coefficient (Wildman–Crippen LogP) is -4.36. The van der Waals surface area contributed by atoms with Crippen molar-refractivity contribution in [1.29, 1.82) is 0 Å². The maximum atomic E-state index is 8.74. The fourth-order valence-electron chi connectivity index (χ4n) is 0. The van der Waals surface area contributed by atoms with E-state index in [1.165, 1.54) is 0 Å². The summed E-state index contributed by atoms with van der Waals surface area (Å²) in [6, 6.07) is 0. The second kappa shape index (κ2) is 16.3. The summed E-state index contributed by atoms with van der Waals surface area (Å²) in [5.41, 5.74) is 0. The summed E-state index contributed by atoms with van der Waals surface area (Å²) in [6.45, 7) is 0. The molecule has 0 aromatic heterocycles. The van der Waals surface area contributed by atoms with Gasteiger partial charge >= 0.3 is 130 Å². The van der Waals surface area contributed by atoms with Gasteiger partial charge in [-0.15, -0.1) is 0 Å². The summed E-state index contributed by atoms with van der Waals surface area (Å²) in [6.07, 6.45) is 0. The monoisotopic (exact) mass is 252 g/mol. The van der Waals surface area contributed by atoms with E-state index in [1.54, 1.807) is 0 Å². The quantitative estimate of drug-likeness (QED) is 0.428. The molecule has 0 saturated carbocycles. The molecule has 7 heteroatoms. The first-order valence-electron chi connectivity index (χ1n) is 0.651. The van der Waals surface area contributed by atoms with Gasteiger partial charge < -0.3 is 9.59 Å². The van der Waals surface area contributed by atoms with Crippen LogP contribution in [0.1, 0.15) is 0 Å². The van der Waals surface area contributed by atoms with Gasteiger partial charge in [0, 0.05) is 0 Å². The van der Waals surface area contributed by atoms with Crippen molar-refractivity contribution >= 4 is 130 Å². The van der Waals surface area contributed by atoms with Gasteiger partial charge in [0.1, 0.15) is 0 Å². The van der Waals surface area contributed by atoms with Crippen molar-refractivity contribution in [2.75, 3.05) is 0 Å².